The minimum atomic E-state index is -0.924. The van der Waals surface area contributed by atoms with Gasteiger partial charge in [-0.15, -0.1) is 0 Å². The number of carbonyl (C=O) groups is 1. The first kappa shape index (κ1) is 10.9. The number of carboxylic acids is 1. The Morgan fingerprint density at radius 2 is 2.06 bits per heavy atom. The molecule has 0 fully saturated rings. The van der Waals surface area contributed by atoms with Gasteiger partial charge in [-0.1, -0.05) is 33.2 Å². The third-order valence-corrected chi connectivity index (χ3v) is 2.65. The number of carboxylic acid groups (broad SMARTS) is 1. The average molecular weight is 282 g/mol. The van der Waals surface area contributed by atoms with Crippen LogP contribution in [0.5, 0.6) is 0 Å². The highest BCUT2D eigenvalue weighted by Crippen LogP contribution is 2.24. The van der Waals surface area contributed by atoms with E-state index in [-0.39, 0.29) is 6.42 Å². The van der Waals surface area contributed by atoms with Gasteiger partial charge < -0.3 is 9.63 Å². The molecule has 4 nitrogen and oxygen atoms in total. The van der Waals surface area contributed by atoms with Crippen LogP contribution in [0.3, 0.4) is 0 Å². The second kappa shape index (κ2) is 4.49. The Bertz CT molecular complexity index is 504. The number of hydrogen-bond acceptors (Lipinski definition) is 3. The molecular weight excluding hydrogens is 274 g/mol. The summed E-state index contributed by atoms with van der Waals surface area (Å²) in [4.78, 5) is 10.6. The molecule has 82 valence electrons. The van der Waals surface area contributed by atoms with E-state index in [2.05, 4.69) is 21.1 Å². The van der Waals surface area contributed by atoms with Gasteiger partial charge in [-0.2, -0.15) is 0 Å². The van der Waals surface area contributed by atoms with E-state index >= 15 is 0 Å². The number of aromatic nitrogens is 1. The van der Waals surface area contributed by atoms with E-state index in [1.54, 1.807) is 0 Å². The Morgan fingerprint density at radius 3 is 2.69 bits per heavy atom. The fourth-order valence-electron chi connectivity index (χ4n) is 1.39. The molecule has 1 heterocycles. The van der Waals surface area contributed by atoms with Crippen LogP contribution in [-0.2, 0) is 11.2 Å². The standard InChI is InChI=1S/C11H8BrNO3/c12-8-3-1-7(2-4-8)9-6-16-13-10(9)5-11(14)15/h1-4,6H,5H2,(H,14,15). The van der Waals surface area contributed by atoms with Crippen LogP contribution >= 0.6 is 15.9 Å². The molecule has 1 aromatic heterocycles. The Balaban J connectivity index is 2.36. The van der Waals surface area contributed by atoms with Crippen molar-refractivity contribution in [2.45, 2.75) is 6.42 Å². The van der Waals surface area contributed by atoms with Crippen LogP contribution in [0.15, 0.2) is 39.5 Å². The summed E-state index contributed by atoms with van der Waals surface area (Å²) in [6.45, 7) is 0. The molecule has 0 atom stereocenters. The summed E-state index contributed by atoms with van der Waals surface area (Å²) in [5.41, 5.74) is 2.05. The lowest BCUT2D eigenvalue weighted by Gasteiger charge is -1.99. The van der Waals surface area contributed by atoms with Crippen molar-refractivity contribution >= 4 is 21.9 Å². The van der Waals surface area contributed by atoms with Gasteiger partial charge in [0.05, 0.1) is 6.42 Å². The van der Waals surface area contributed by atoms with E-state index in [0.717, 1.165) is 15.6 Å². The molecular formula is C11H8BrNO3. The van der Waals surface area contributed by atoms with Crippen molar-refractivity contribution in [2.75, 3.05) is 0 Å². The molecule has 2 rings (SSSR count). The van der Waals surface area contributed by atoms with Crippen molar-refractivity contribution in [3.63, 3.8) is 0 Å². The Hall–Kier alpha value is -1.62. The zero-order valence-electron chi connectivity index (χ0n) is 8.18. The lowest BCUT2D eigenvalue weighted by atomic mass is 10.1. The first-order valence-electron chi connectivity index (χ1n) is 4.58. The highest BCUT2D eigenvalue weighted by Gasteiger charge is 2.12. The second-order valence-electron chi connectivity index (χ2n) is 3.25. The number of halogens is 1. The molecule has 0 radical (unpaired) electrons. The van der Waals surface area contributed by atoms with Gasteiger partial charge in [-0.05, 0) is 17.7 Å². The number of aliphatic carboxylic acids is 1. The average Bonchev–Trinajstić information content (AvgIpc) is 2.66. The molecule has 5 heteroatoms. The predicted octanol–water partition coefficient (Wildman–Crippen LogP) is 2.73. The van der Waals surface area contributed by atoms with Crippen molar-refractivity contribution in [2.24, 2.45) is 0 Å². The molecule has 0 aliphatic rings. The fraction of sp³-hybridized carbons (Fsp3) is 0.0909. The lowest BCUT2D eigenvalue weighted by Crippen LogP contribution is -2.01. The summed E-state index contributed by atoms with van der Waals surface area (Å²) in [5.74, 6) is -0.924. The molecule has 0 aliphatic heterocycles. The van der Waals surface area contributed by atoms with Gasteiger partial charge in [0.25, 0.3) is 0 Å². The molecule has 1 N–H and O–H groups in total. The molecule has 0 saturated heterocycles. The van der Waals surface area contributed by atoms with E-state index in [9.17, 15) is 4.79 Å². The van der Waals surface area contributed by atoms with Crippen molar-refractivity contribution in [3.05, 3.63) is 40.7 Å². The number of rotatable bonds is 3. The van der Waals surface area contributed by atoms with Gasteiger partial charge in [0.2, 0.25) is 0 Å². The van der Waals surface area contributed by atoms with Crippen LogP contribution in [-0.4, -0.2) is 16.2 Å². The van der Waals surface area contributed by atoms with Gasteiger partial charge in [-0.25, -0.2) is 0 Å². The van der Waals surface area contributed by atoms with Gasteiger partial charge >= 0.3 is 5.97 Å². The predicted molar refractivity (Wildman–Crippen MR) is 61.0 cm³/mol. The van der Waals surface area contributed by atoms with Gasteiger partial charge in [0.15, 0.2) is 0 Å². The highest BCUT2D eigenvalue weighted by atomic mass is 79.9. The summed E-state index contributed by atoms with van der Waals surface area (Å²) in [6, 6.07) is 7.52. The van der Waals surface area contributed by atoms with Crippen molar-refractivity contribution < 1.29 is 14.4 Å². The minimum Gasteiger partial charge on any atom is -0.481 e. The van der Waals surface area contributed by atoms with Crippen LogP contribution < -0.4 is 0 Å². The molecule has 2 aromatic rings. The molecule has 0 spiro atoms. The van der Waals surface area contributed by atoms with Crippen LogP contribution in [0.25, 0.3) is 11.1 Å². The summed E-state index contributed by atoms with van der Waals surface area (Å²) in [7, 11) is 0. The molecule has 0 amide bonds. The van der Waals surface area contributed by atoms with Gasteiger partial charge in [0.1, 0.15) is 12.0 Å². The molecule has 16 heavy (non-hydrogen) atoms. The molecule has 0 saturated carbocycles. The SMILES string of the molecule is O=C(O)Cc1nocc1-c1ccc(Br)cc1. The maximum atomic E-state index is 10.6. The third-order valence-electron chi connectivity index (χ3n) is 2.12. The van der Waals surface area contributed by atoms with E-state index in [1.165, 1.54) is 6.26 Å². The summed E-state index contributed by atoms with van der Waals surface area (Å²) in [6.07, 6.45) is 1.32. The van der Waals surface area contributed by atoms with Gasteiger partial charge in [-0.3, -0.25) is 4.79 Å². The van der Waals surface area contributed by atoms with E-state index in [0.29, 0.717) is 5.69 Å². The fourth-order valence-corrected chi connectivity index (χ4v) is 1.66. The number of benzene rings is 1. The van der Waals surface area contributed by atoms with Crippen molar-refractivity contribution in [1.29, 1.82) is 0 Å². The first-order valence-corrected chi connectivity index (χ1v) is 5.37. The zero-order chi connectivity index (χ0) is 11.5. The maximum Gasteiger partial charge on any atom is 0.309 e. The largest absolute Gasteiger partial charge is 0.481 e. The first-order chi connectivity index (χ1) is 7.66. The molecule has 0 bridgehead atoms. The quantitative estimate of drug-likeness (QED) is 0.940. The van der Waals surface area contributed by atoms with Crippen LogP contribution in [0.2, 0.25) is 0 Å². The van der Waals surface area contributed by atoms with E-state index < -0.39 is 5.97 Å². The Morgan fingerprint density at radius 1 is 1.38 bits per heavy atom. The molecule has 0 aliphatic carbocycles. The van der Waals surface area contributed by atoms with Crippen molar-refractivity contribution in [3.8, 4) is 11.1 Å². The van der Waals surface area contributed by atoms with Crippen LogP contribution in [0.1, 0.15) is 5.69 Å². The van der Waals surface area contributed by atoms with E-state index in [4.69, 9.17) is 9.63 Å². The highest BCUT2D eigenvalue weighted by molar-refractivity contribution is 9.10. The topological polar surface area (TPSA) is 63.3 Å². The smallest absolute Gasteiger partial charge is 0.309 e. The summed E-state index contributed by atoms with van der Waals surface area (Å²) >= 11 is 3.33. The zero-order valence-corrected chi connectivity index (χ0v) is 9.77. The number of hydrogen-bond donors (Lipinski definition) is 1. The normalized spacial score (nSPS) is 10.3. The molecule has 0 unspecified atom stereocenters. The summed E-state index contributed by atoms with van der Waals surface area (Å²) in [5, 5.41) is 12.4. The Kier molecular flexibility index (Phi) is 3.05. The van der Waals surface area contributed by atoms with Crippen LogP contribution in [0.4, 0.5) is 0 Å². The van der Waals surface area contributed by atoms with Crippen molar-refractivity contribution in [1.82, 2.24) is 5.16 Å². The molecule has 1 aromatic carbocycles. The number of nitrogens with zero attached hydrogens (tertiary/aromatic N) is 1. The second-order valence-corrected chi connectivity index (χ2v) is 4.17. The summed E-state index contributed by atoms with van der Waals surface area (Å²) < 4.78 is 5.77. The minimum absolute atomic E-state index is 0.137. The lowest BCUT2D eigenvalue weighted by molar-refractivity contribution is -0.136. The third kappa shape index (κ3) is 2.30. The maximum absolute atomic E-state index is 10.6. The van der Waals surface area contributed by atoms with Crippen LogP contribution in [0, 0.1) is 0 Å². The van der Waals surface area contributed by atoms with Gasteiger partial charge in [0, 0.05) is 10.0 Å². The van der Waals surface area contributed by atoms with E-state index in [1.807, 2.05) is 24.3 Å². The Labute approximate surface area is 100 Å². The monoisotopic (exact) mass is 281 g/mol.